The Hall–Kier alpha value is -1.61. The van der Waals surface area contributed by atoms with Gasteiger partial charge in [0.1, 0.15) is 11.9 Å². The number of hydrogen-bond donors (Lipinski definition) is 1. The topological polar surface area (TPSA) is 46.5 Å². The molecule has 0 fully saturated rings. The zero-order valence-corrected chi connectivity index (χ0v) is 18.2. The number of Topliss-reactive ketones (excluding diaryl/α,β-unsaturated/α-hetero) is 1. The van der Waals surface area contributed by atoms with Gasteiger partial charge in [0.05, 0.1) is 7.11 Å². The summed E-state index contributed by atoms with van der Waals surface area (Å²) in [6, 6.07) is 0. The molecule has 0 bridgehead atoms. The fraction of sp³-hybridized carbons (Fsp3) is 0.625. The van der Waals surface area contributed by atoms with E-state index < -0.39 is 6.10 Å². The average Bonchev–Trinajstić information content (AvgIpc) is 2.60. The second-order valence-electron chi connectivity index (χ2n) is 8.21. The molecular weight excluding hydrogens is 336 g/mol. The van der Waals surface area contributed by atoms with Gasteiger partial charge in [0.15, 0.2) is 5.78 Å². The molecule has 1 rings (SSSR count). The van der Waals surface area contributed by atoms with Crippen molar-refractivity contribution in [3.05, 3.63) is 46.8 Å². The summed E-state index contributed by atoms with van der Waals surface area (Å²) in [5.74, 6) is 0.815. The van der Waals surface area contributed by atoms with E-state index in [1.807, 2.05) is 6.92 Å². The predicted octanol–water partition coefficient (Wildman–Crippen LogP) is 5.77. The average molecular weight is 375 g/mol. The summed E-state index contributed by atoms with van der Waals surface area (Å²) in [5.41, 5.74) is 3.25. The van der Waals surface area contributed by atoms with Crippen LogP contribution in [0.25, 0.3) is 0 Å². The lowest BCUT2D eigenvalue weighted by molar-refractivity contribution is -0.124. The second kappa shape index (κ2) is 11.3. The van der Waals surface area contributed by atoms with Crippen LogP contribution < -0.4 is 0 Å². The summed E-state index contributed by atoms with van der Waals surface area (Å²) in [5, 5.41) is 10.6. The largest absolute Gasteiger partial charge is 0.498 e. The number of aliphatic hydroxyl groups is 1. The van der Waals surface area contributed by atoms with Crippen LogP contribution in [0.4, 0.5) is 0 Å². The zero-order chi connectivity index (χ0) is 20.6. The maximum absolute atomic E-state index is 12.4. The van der Waals surface area contributed by atoms with E-state index >= 15 is 0 Å². The Morgan fingerprint density at radius 3 is 2.48 bits per heavy atom. The van der Waals surface area contributed by atoms with Crippen LogP contribution in [0.2, 0.25) is 0 Å². The van der Waals surface area contributed by atoms with Crippen LogP contribution >= 0.6 is 0 Å². The van der Waals surface area contributed by atoms with E-state index in [9.17, 15) is 9.90 Å². The quantitative estimate of drug-likeness (QED) is 0.521. The third-order valence-corrected chi connectivity index (χ3v) is 5.42. The molecule has 3 nitrogen and oxygen atoms in total. The van der Waals surface area contributed by atoms with Crippen LogP contribution in [0.15, 0.2) is 46.8 Å². The molecule has 27 heavy (non-hydrogen) atoms. The van der Waals surface area contributed by atoms with E-state index in [2.05, 4.69) is 52.0 Å². The van der Waals surface area contributed by atoms with E-state index in [1.165, 1.54) is 18.3 Å². The smallest absolute Gasteiger partial charge is 0.165 e. The molecule has 0 aromatic heterocycles. The van der Waals surface area contributed by atoms with Crippen molar-refractivity contribution in [3.8, 4) is 0 Å². The first-order chi connectivity index (χ1) is 12.7. The Labute approximate surface area is 165 Å². The number of allylic oxidation sites excluding steroid dienone is 7. The molecule has 0 amide bonds. The summed E-state index contributed by atoms with van der Waals surface area (Å²) in [6.45, 7) is 12.3. The molecular formula is C24H38O3. The van der Waals surface area contributed by atoms with Gasteiger partial charge in [-0.25, -0.2) is 0 Å². The minimum atomic E-state index is -0.707. The predicted molar refractivity (Wildman–Crippen MR) is 113 cm³/mol. The van der Waals surface area contributed by atoms with E-state index in [1.54, 1.807) is 6.92 Å². The Kier molecular flexibility index (Phi) is 9.79. The molecule has 0 radical (unpaired) electrons. The maximum atomic E-state index is 12.4. The standard InChI is InChI=1S/C24H38O3/c1-16(2)10-8-11-17(3)12-9-13-18(4)14-15-21-19(5)22(25)20(6)24(27-7)23(21)26/h8,10,12,14,16,19,21,23,26H,9,11,13,15H2,1-7H3/b10-8+,17-12+,18-14+/t19-,21-,23-/m1/s1. The number of carbonyl (C=O) groups is 1. The summed E-state index contributed by atoms with van der Waals surface area (Å²) in [4.78, 5) is 12.4. The van der Waals surface area contributed by atoms with Crippen molar-refractivity contribution in [2.45, 2.75) is 73.3 Å². The lowest BCUT2D eigenvalue weighted by atomic mass is 9.75. The van der Waals surface area contributed by atoms with Gasteiger partial charge in [-0.2, -0.15) is 0 Å². The minimum Gasteiger partial charge on any atom is -0.498 e. The number of aliphatic hydroxyl groups excluding tert-OH is 1. The number of rotatable bonds is 9. The van der Waals surface area contributed by atoms with Crippen LogP contribution in [0.5, 0.6) is 0 Å². The third kappa shape index (κ3) is 7.14. The molecule has 0 aliphatic heterocycles. The van der Waals surface area contributed by atoms with E-state index in [0.29, 0.717) is 23.7 Å². The highest BCUT2D eigenvalue weighted by Crippen LogP contribution is 2.35. The first-order valence-corrected chi connectivity index (χ1v) is 10.1. The van der Waals surface area contributed by atoms with Gasteiger partial charge in [-0.05, 0) is 52.4 Å². The van der Waals surface area contributed by atoms with E-state index in [-0.39, 0.29) is 17.6 Å². The molecule has 1 aliphatic rings. The summed E-state index contributed by atoms with van der Waals surface area (Å²) >= 11 is 0. The molecule has 1 aliphatic carbocycles. The maximum Gasteiger partial charge on any atom is 0.165 e. The Balaban J connectivity index is 2.60. The van der Waals surface area contributed by atoms with E-state index in [4.69, 9.17) is 4.74 Å². The van der Waals surface area contributed by atoms with Crippen molar-refractivity contribution < 1.29 is 14.6 Å². The first kappa shape index (κ1) is 23.4. The van der Waals surface area contributed by atoms with Gasteiger partial charge in [0, 0.05) is 17.4 Å². The van der Waals surface area contributed by atoms with Crippen molar-refractivity contribution in [2.24, 2.45) is 17.8 Å². The number of ether oxygens (including phenoxy) is 1. The highest BCUT2D eigenvalue weighted by atomic mass is 16.5. The summed E-state index contributed by atoms with van der Waals surface area (Å²) in [6.07, 6.45) is 12.0. The Morgan fingerprint density at radius 1 is 1.22 bits per heavy atom. The van der Waals surface area contributed by atoms with Gasteiger partial charge >= 0.3 is 0 Å². The molecule has 152 valence electrons. The molecule has 0 unspecified atom stereocenters. The molecule has 1 N–H and O–H groups in total. The molecule has 3 atom stereocenters. The van der Waals surface area contributed by atoms with Gasteiger partial charge in [0.25, 0.3) is 0 Å². The number of carbonyl (C=O) groups excluding carboxylic acids is 1. The molecule has 0 saturated carbocycles. The highest BCUT2D eigenvalue weighted by molar-refractivity contribution is 5.98. The fourth-order valence-electron chi connectivity index (χ4n) is 3.55. The number of ketones is 1. The fourth-order valence-corrected chi connectivity index (χ4v) is 3.55. The first-order valence-electron chi connectivity index (χ1n) is 10.1. The van der Waals surface area contributed by atoms with Gasteiger partial charge in [0.2, 0.25) is 0 Å². The molecule has 0 aromatic carbocycles. The van der Waals surface area contributed by atoms with Crippen LogP contribution in [-0.2, 0) is 9.53 Å². The van der Waals surface area contributed by atoms with Gasteiger partial charge in [-0.1, -0.05) is 56.2 Å². The Bertz CT molecular complexity index is 620. The van der Waals surface area contributed by atoms with Crippen LogP contribution in [0.1, 0.15) is 67.2 Å². The molecule has 0 aromatic rings. The molecule has 0 saturated heterocycles. The number of methoxy groups -OCH3 is 1. The van der Waals surface area contributed by atoms with E-state index in [0.717, 1.165) is 19.3 Å². The highest BCUT2D eigenvalue weighted by Gasteiger charge is 2.39. The van der Waals surface area contributed by atoms with Crippen molar-refractivity contribution in [1.82, 2.24) is 0 Å². The minimum absolute atomic E-state index is 0.0845. The van der Waals surface area contributed by atoms with Gasteiger partial charge in [-0.15, -0.1) is 0 Å². The third-order valence-electron chi connectivity index (χ3n) is 5.42. The second-order valence-corrected chi connectivity index (χ2v) is 8.21. The van der Waals surface area contributed by atoms with Crippen molar-refractivity contribution in [1.29, 1.82) is 0 Å². The molecule has 0 heterocycles. The van der Waals surface area contributed by atoms with Crippen molar-refractivity contribution in [3.63, 3.8) is 0 Å². The lowest BCUT2D eigenvalue weighted by Crippen LogP contribution is -2.39. The van der Waals surface area contributed by atoms with Crippen LogP contribution in [0.3, 0.4) is 0 Å². The Morgan fingerprint density at radius 2 is 1.89 bits per heavy atom. The van der Waals surface area contributed by atoms with Crippen molar-refractivity contribution in [2.75, 3.05) is 7.11 Å². The molecule has 3 heteroatoms. The van der Waals surface area contributed by atoms with Crippen LogP contribution in [0, 0.1) is 17.8 Å². The lowest BCUT2D eigenvalue weighted by Gasteiger charge is -2.33. The summed E-state index contributed by atoms with van der Waals surface area (Å²) in [7, 11) is 1.52. The number of hydrogen-bond acceptors (Lipinski definition) is 3. The van der Waals surface area contributed by atoms with Gasteiger partial charge in [-0.3, -0.25) is 4.79 Å². The van der Waals surface area contributed by atoms with Crippen LogP contribution in [-0.4, -0.2) is 24.1 Å². The SMILES string of the molecule is COC1=C(C)C(=O)[C@H](C)[C@@H](C/C=C(\C)CC/C=C(\C)C/C=C/C(C)C)[C@H]1O. The zero-order valence-electron chi connectivity index (χ0n) is 18.2. The monoisotopic (exact) mass is 374 g/mol. The van der Waals surface area contributed by atoms with Crippen molar-refractivity contribution >= 4 is 5.78 Å². The summed E-state index contributed by atoms with van der Waals surface area (Å²) < 4.78 is 5.28. The van der Waals surface area contributed by atoms with Gasteiger partial charge < -0.3 is 9.84 Å². The normalized spacial score (nSPS) is 25.1. The molecule has 0 spiro atoms.